The number of carbonyl (C=O) groups is 2. The van der Waals surface area contributed by atoms with Crippen LogP contribution >= 0.6 is 11.6 Å². The first-order valence-electron chi connectivity index (χ1n) is 14.3. The molecule has 0 unspecified atom stereocenters. The van der Waals surface area contributed by atoms with E-state index in [1.165, 1.54) is 18.3 Å². The summed E-state index contributed by atoms with van der Waals surface area (Å²) in [5.74, 6) is -1.93. The Labute approximate surface area is 259 Å². The van der Waals surface area contributed by atoms with Crippen molar-refractivity contribution in [3.63, 3.8) is 0 Å². The number of benzene rings is 3. The van der Waals surface area contributed by atoms with Crippen LogP contribution in [-0.4, -0.2) is 41.0 Å². The Morgan fingerprint density at radius 1 is 0.977 bits per heavy atom. The quantitative estimate of drug-likeness (QED) is 0.276. The lowest BCUT2D eigenvalue weighted by atomic mass is 9.72. The van der Waals surface area contributed by atoms with Gasteiger partial charge in [-0.1, -0.05) is 84.4 Å². The molecule has 2 amide bonds. The molecule has 0 atom stereocenters. The summed E-state index contributed by atoms with van der Waals surface area (Å²) in [5.41, 5.74) is 0.595. The van der Waals surface area contributed by atoms with Crippen LogP contribution in [0.15, 0.2) is 89.9 Å². The highest BCUT2D eigenvalue weighted by Crippen LogP contribution is 2.46. The maximum absolute atomic E-state index is 14.5. The number of rotatable bonds is 9. The second kappa shape index (κ2) is 12.3. The smallest absolute Gasteiger partial charge is 0.274 e. The number of ether oxygens (including phenoxy) is 2. The van der Waals surface area contributed by atoms with E-state index in [9.17, 15) is 18.8 Å². The second-order valence-electron chi connectivity index (χ2n) is 11.3. The van der Waals surface area contributed by atoms with Crippen LogP contribution in [0.2, 0.25) is 5.02 Å². The maximum atomic E-state index is 14.5. The molecule has 2 aliphatic rings. The fraction of sp³-hybridized carbons (Fsp3) is 0.265. The van der Waals surface area contributed by atoms with Gasteiger partial charge in [0.1, 0.15) is 18.0 Å². The molecule has 44 heavy (non-hydrogen) atoms. The molecule has 1 N–H and O–H groups in total. The third-order valence-electron chi connectivity index (χ3n) is 8.24. The number of halogens is 2. The highest BCUT2D eigenvalue weighted by molar-refractivity contribution is 6.30. The zero-order valence-corrected chi connectivity index (χ0v) is 24.9. The zero-order valence-electron chi connectivity index (χ0n) is 24.1. The first-order chi connectivity index (χ1) is 21.3. The van der Waals surface area contributed by atoms with Gasteiger partial charge in [0.25, 0.3) is 11.8 Å². The number of likely N-dealkylation sites (N-methyl/N-ethyl adjacent to an activating group) is 1. The van der Waals surface area contributed by atoms with Crippen LogP contribution in [0.5, 0.6) is 5.75 Å². The average molecular weight is 616 g/mol. The molecule has 2 heterocycles. The first-order valence-corrected chi connectivity index (χ1v) is 14.7. The third-order valence-corrected chi connectivity index (χ3v) is 8.53. The average Bonchev–Trinajstić information content (AvgIpc) is 3.02. The SMILES string of the molecule is CN1C[C@]2(C[C@H](OCc3ccccc3)C2)n2cc(C(=O)NCc3cccc(Cl)c3F)c(=O)c(OCc3ccccc3)c2C1=O. The molecule has 0 bridgehead atoms. The zero-order chi connectivity index (χ0) is 30.8. The molecule has 3 aromatic carbocycles. The van der Waals surface area contributed by atoms with Gasteiger partial charge in [-0.25, -0.2) is 4.39 Å². The molecule has 10 heteroatoms. The van der Waals surface area contributed by atoms with E-state index >= 15 is 0 Å². The van der Waals surface area contributed by atoms with Crippen molar-refractivity contribution < 1.29 is 23.5 Å². The molecule has 8 nitrogen and oxygen atoms in total. The lowest BCUT2D eigenvalue weighted by Crippen LogP contribution is -2.61. The van der Waals surface area contributed by atoms with Gasteiger partial charge < -0.3 is 24.3 Å². The maximum Gasteiger partial charge on any atom is 0.274 e. The van der Waals surface area contributed by atoms with E-state index in [-0.39, 0.29) is 52.8 Å². The van der Waals surface area contributed by atoms with Gasteiger partial charge in [0.15, 0.2) is 11.4 Å². The van der Waals surface area contributed by atoms with Crippen molar-refractivity contribution >= 4 is 23.4 Å². The van der Waals surface area contributed by atoms with Crippen molar-refractivity contribution in [1.82, 2.24) is 14.8 Å². The Bertz CT molecular complexity index is 1760. The van der Waals surface area contributed by atoms with Gasteiger partial charge in [-0.2, -0.15) is 0 Å². The predicted octanol–water partition coefficient (Wildman–Crippen LogP) is 5.31. The van der Waals surface area contributed by atoms with Gasteiger partial charge in [0.2, 0.25) is 5.43 Å². The summed E-state index contributed by atoms with van der Waals surface area (Å²) in [6.07, 6.45) is 2.50. The Morgan fingerprint density at radius 3 is 2.32 bits per heavy atom. The van der Waals surface area contributed by atoms with E-state index in [2.05, 4.69) is 5.32 Å². The Morgan fingerprint density at radius 2 is 1.64 bits per heavy atom. The summed E-state index contributed by atoms with van der Waals surface area (Å²) in [6, 6.07) is 23.6. The summed E-state index contributed by atoms with van der Waals surface area (Å²) in [4.78, 5) is 42.5. The van der Waals surface area contributed by atoms with Gasteiger partial charge in [-0.3, -0.25) is 14.4 Å². The van der Waals surface area contributed by atoms with Crippen LogP contribution in [-0.2, 0) is 30.0 Å². The van der Waals surface area contributed by atoms with Gasteiger partial charge in [-0.15, -0.1) is 0 Å². The molecule has 226 valence electrons. The van der Waals surface area contributed by atoms with E-state index < -0.39 is 22.7 Å². The summed E-state index contributed by atoms with van der Waals surface area (Å²) < 4.78 is 28.5. The summed E-state index contributed by atoms with van der Waals surface area (Å²) in [5, 5.41) is 2.57. The van der Waals surface area contributed by atoms with E-state index in [0.29, 0.717) is 26.0 Å². The van der Waals surface area contributed by atoms with Gasteiger partial charge >= 0.3 is 0 Å². The van der Waals surface area contributed by atoms with Gasteiger partial charge in [0, 0.05) is 31.9 Å². The predicted molar refractivity (Wildman–Crippen MR) is 163 cm³/mol. The minimum absolute atomic E-state index is 0.0225. The fourth-order valence-electron chi connectivity index (χ4n) is 5.94. The number of hydrogen-bond acceptors (Lipinski definition) is 5. The van der Waals surface area contributed by atoms with Crippen molar-refractivity contribution in [3.05, 3.63) is 134 Å². The van der Waals surface area contributed by atoms with Crippen LogP contribution < -0.4 is 15.5 Å². The van der Waals surface area contributed by atoms with Crippen LogP contribution in [0.3, 0.4) is 0 Å². The molecule has 6 rings (SSSR count). The van der Waals surface area contributed by atoms with E-state index in [4.69, 9.17) is 21.1 Å². The number of pyridine rings is 1. The molecule has 1 aromatic heterocycles. The third kappa shape index (κ3) is 5.73. The minimum atomic E-state index is -0.716. The number of aromatic nitrogens is 1. The Balaban J connectivity index is 1.34. The van der Waals surface area contributed by atoms with Crippen molar-refractivity contribution in [1.29, 1.82) is 0 Å². The molecule has 0 saturated heterocycles. The first kappa shape index (κ1) is 29.6. The van der Waals surface area contributed by atoms with Crippen LogP contribution in [0, 0.1) is 5.82 Å². The molecule has 4 aromatic rings. The molecule has 1 fully saturated rings. The number of nitrogens with one attached hydrogen (secondary N) is 1. The van der Waals surface area contributed by atoms with Crippen molar-refractivity contribution in [2.75, 3.05) is 13.6 Å². The molecule has 1 saturated carbocycles. The molecular formula is C34H31ClFN3O5. The van der Waals surface area contributed by atoms with Crippen LogP contribution in [0.4, 0.5) is 4.39 Å². The lowest BCUT2D eigenvalue weighted by molar-refractivity contribution is -0.0929. The summed E-state index contributed by atoms with van der Waals surface area (Å²) in [6.45, 7) is 0.663. The minimum Gasteiger partial charge on any atom is -0.483 e. The normalized spacial score (nSPS) is 18.9. The Kier molecular flexibility index (Phi) is 8.25. The highest BCUT2D eigenvalue weighted by atomic mass is 35.5. The van der Waals surface area contributed by atoms with Crippen LogP contribution in [0.1, 0.15) is 50.4 Å². The number of nitrogens with zero attached hydrogens (tertiary/aromatic N) is 2. The van der Waals surface area contributed by atoms with E-state index in [1.807, 2.05) is 60.7 Å². The molecule has 1 aliphatic heterocycles. The summed E-state index contributed by atoms with van der Waals surface area (Å²) in [7, 11) is 1.69. The van der Waals surface area contributed by atoms with Gasteiger partial charge in [0.05, 0.1) is 23.3 Å². The van der Waals surface area contributed by atoms with Crippen molar-refractivity contribution in [3.8, 4) is 5.75 Å². The van der Waals surface area contributed by atoms with Gasteiger partial charge in [-0.05, 0) is 30.0 Å². The monoisotopic (exact) mass is 615 g/mol. The van der Waals surface area contributed by atoms with Crippen LogP contribution in [0.25, 0.3) is 0 Å². The second-order valence-corrected chi connectivity index (χ2v) is 11.7. The molecule has 0 radical (unpaired) electrons. The lowest BCUT2D eigenvalue weighted by Gasteiger charge is -2.53. The largest absolute Gasteiger partial charge is 0.483 e. The number of carbonyl (C=O) groups excluding carboxylic acids is 2. The van der Waals surface area contributed by atoms with E-state index in [1.54, 1.807) is 22.6 Å². The van der Waals surface area contributed by atoms with E-state index in [0.717, 1.165) is 11.1 Å². The molecule has 1 aliphatic carbocycles. The van der Waals surface area contributed by atoms with Crippen molar-refractivity contribution in [2.45, 2.75) is 44.2 Å². The molecule has 1 spiro atoms. The topological polar surface area (TPSA) is 89.9 Å². The number of amides is 2. The Hall–Kier alpha value is -4.47. The standard InChI is InChI=1S/C34H31ClFN3O5/c1-38-21-34(15-25(16-34)43-19-22-9-4-2-5-10-22)39-18-26(32(41)37-17-24-13-8-14-27(35)28(24)36)30(40)31(29(39)33(38)42)44-20-23-11-6-3-7-12-23/h2-14,18,25H,15-17,19-21H2,1H3,(H,37,41)/t25-,34+. The fourth-order valence-corrected chi connectivity index (χ4v) is 6.13. The summed E-state index contributed by atoms with van der Waals surface area (Å²) >= 11 is 5.90. The molecular weight excluding hydrogens is 585 g/mol. The number of hydrogen-bond donors (Lipinski definition) is 1. The van der Waals surface area contributed by atoms with Crippen molar-refractivity contribution in [2.24, 2.45) is 0 Å². The highest BCUT2D eigenvalue weighted by Gasteiger charge is 2.52. The number of fused-ring (bicyclic) bond motifs is 2.